The average Bonchev–Trinajstić information content (AvgIpc) is 1.96. The maximum atomic E-state index is 11.2. The van der Waals surface area contributed by atoms with Gasteiger partial charge in [-0.3, -0.25) is 0 Å². The molecule has 0 heterocycles. The molecule has 0 amide bonds. The van der Waals surface area contributed by atoms with Crippen LogP contribution in [0, 0.1) is 5.92 Å². The molecule has 0 bridgehead atoms. The third-order valence-corrected chi connectivity index (χ3v) is 4.40. The van der Waals surface area contributed by atoms with Gasteiger partial charge in [0.2, 0.25) is 0 Å². The van der Waals surface area contributed by atoms with Crippen LogP contribution in [0.15, 0.2) is 0 Å². The Morgan fingerprint density at radius 1 is 1.46 bits per heavy atom. The molecule has 0 fully saturated rings. The molecule has 1 unspecified atom stereocenters. The van der Waals surface area contributed by atoms with Crippen LogP contribution in [0.5, 0.6) is 0 Å². The fraction of sp³-hybridized carbons (Fsp3) is 0.857. The molecule has 1 atom stereocenters. The van der Waals surface area contributed by atoms with Crippen molar-refractivity contribution in [1.82, 2.24) is 0 Å². The SMILES string of the molecule is CCCCC(C)C(=O)[O][Sn]([Cl])([Cl])[Cl]. The molecule has 0 aromatic rings. The first-order chi connectivity index (χ1) is 5.87. The van der Waals surface area contributed by atoms with Crippen LogP contribution in [0.1, 0.15) is 33.1 Å². The second-order valence-corrected chi connectivity index (χ2v) is 20.6. The second-order valence-electron chi connectivity index (χ2n) is 2.91. The van der Waals surface area contributed by atoms with Crippen LogP contribution >= 0.6 is 26.8 Å². The molecule has 0 radical (unpaired) electrons. The second kappa shape index (κ2) is 6.59. The third kappa shape index (κ3) is 8.15. The van der Waals surface area contributed by atoms with Gasteiger partial charge in [0.1, 0.15) is 0 Å². The Kier molecular flexibility index (Phi) is 7.17. The van der Waals surface area contributed by atoms with Gasteiger partial charge < -0.3 is 0 Å². The summed E-state index contributed by atoms with van der Waals surface area (Å²) < 4.78 is 4.76. The molecule has 6 heteroatoms. The van der Waals surface area contributed by atoms with E-state index in [-0.39, 0.29) is 11.9 Å². The minimum absolute atomic E-state index is 0.160. The standard InChI is InChI=1S/C7H14O2.3ClH.Sn/c1-3-4-5-6(2)7(8)9;;;;/h6H,3-5H2,1-2H3,(H,8,9);3*1H;/q;;;;+4/p-4. The zero-order valence-electron chi connectivity index (χ0n) is 7.65. The summed E-state index contributed by atoms with van der Waals surface area (Å²) in [7, 11) is 16.5. The van der Waals surface area contributed by atoms with E-state index in [2.05, 4.69) is 6.92 Å². The first-order valence-electron chi connectivity index (χ1n) is 4.16. The van der Waals surface area contributed by atoms with E-state index >= 15 is 0 Å². The van der Waals surface area contributed by atoms with Crippen molar-refractivity contribution in [3.8, 4) is 0 Å². The molecule has 13 heavy (non-hydrogen) atoms. The molecule has 0 aliphatic carbocycles. The summed E-state index contributed by atoms with van der Waals surface area (Å²) in [5, 5.41) is 0. The molecule has 2 nitrogen and oxygen atoms in total. The Bertz CT molecular complexity index is 170. The van der Waals surface area contributed by atoms with E-state index < -0.39 is 15.4 Å². The van der Waals surface area contributed by atoms with Crippen LogP contribution in [-0.4, -0.2) is 21.4 Å². The van der Waals surface area contributed by atoms with Crippen molar-refractivity contribution in [1.29, 1.82) is 0 Å². The fourth-order valence-electron chi connectivity index (χ4n) is 0.843. The summed E-state index contributed by atoms with van der Waals surface area (Å²) in [6, 6.07) is 0. The Balaban J connectivity index is 3.83. The molecule has 0 aromatic carbocycles. The van der Waals surface area contributed by atoms with Crippen molar-refractivity contribution in [2.45, 2.75) is 33.1 Å². The normalized spacial score (nSPS) is 13.9. The number of unbranched alkanes of at least 4 members (excludes halogenated alkanes) is 1. The van der Waals surface area contributed by atoms with Crippen molar-refractivity contribution < 1.29 is 7.87 Å². The van der Waals surface area contributed by atoms with Crippen molar-refractivity contribution in [2.24, 2.45) is 5.92 Å². The third-order valence-electron chi connectivity index (χ3n) is 1.61. The van der Waals surface area contributed by atoms with Gasteiger partial charge in [-0.2, -0.15) is 0 Å². The van der Waals surface area contributed by atoms with Gasteiger partial charge in [0, 0.05) is 0 Å². The maximum absolute atomic E-state index is 11.2. The Hall–Kier alpha value is 1.14. The molecule has 0 aliphatic heterocycles. The zero-order valence-corrected chi connectivity index (χ0v) is 12.8. The van der Waals surface area contributed by atoms with Crippen LogP contribution in [0.2, 0.25) is 0 Å². The zero-order chi connectivity index (χ0) is 10.5. The fourth-order valence-corrected chi connectivity index (χ4v) is 3.60. The number of rotatable bonds is 5. The van der Waals surface area contributed by atoms with Crippen molar-refractivity contribution in [3.63, 3.8) is 0 Å². The molecule has 0 rings (SSSR count). The quantitative estimate of drug-likeness (QED) is 0.707. The summed E-state index contributed by atoms with van der Waals surface area (Å²) in [5.74, 6) is -0.531. The van der Waals surface area contributed by atoms with Gasteiger partial charge in [-0.05, 0) is 0 Å². The predicted molar refractivity (Wildman–Crippen MR) is 58.1 cm³/mol. The first kappa shape index (κ1) is 14.1. The summed E-state index contributed by atoms with van der Waals surface area (Å²) >= 11 is -3.93. The average molecular weight is 354 g/mol. The monoisotopic (exact) mass is 354 g/mol. The van der Waals surface area contributed by atoms with Gasteiger partial charge >= 0.3 is 95.0 Å². The number of halogens is 3. The van der Waals surface area contributed by atoms with Crippen LogP contribution in [0.25, 0.3) is 0 Å². The molecule has 0 aliphatic rings. The van der Waals surface area contributed by atoms with E-state index in [0.717, 1.165) is 19.3 Å². The molecular formula is C7H13Cl3O2Sn. The number of hydrogen-bond donors (Lipinski definition) is 0. The number of carbonyl (C=O) groups excluding carboxylic acids is 1. The van der Waals surface area contributed by atoms with Crippen molar-refractivity contribution >= 4 is 48.1 Å². The summed E-state index contributed by atoms with van der Waals surface area (Å²) in [5.41, 5.74) is 0. The summed E-state index contributed by atoms with van der Waals surface area (Å²) in [4.78, 5) is 11.2. The molecule has 78 valence electrons. The van der Waals surface area contributed by atoms with Crippen LogP contribution in [-0.2, 0) is 7.87 Å². The van der Waals surface area contributed by atoms with E-state index in [1.165, 1.54) is 0 Å². The van der Waals surface area contributed by atoms with Crippen LogP contribution < -0.4 is 0 Å². The summed E-state index contributed by atoms with van der Waals surface area (Å²) in [6.45, 7) is 3.85. The Morgan fingerprint density at radius 2 is 2.00 bits per heavy atom. The number of carbonyl (C=O) groups is 1. The van der Waals surface area contributed by atoms with Gasteiger partial charge in [0.25, 0.3) is 0 Å². The molecule has 0 aromatic heterocycles. The van der Waals surface area contributed by atoms with E-state index in [0.29, 0.717) is 0 Å². The molecule has 0 saturated carbocycles. The molecule has 0 spiro atoms. The Labute approximate surface area is 94.4 Å². The van der Waals surface area contributed by atoms with Gasteiger partial charge in [0.15, 0.2) is 0 Å². The first-order valence-corrected chi connectivity index (χ1v) is 16.2. The van der Waals surface area contributed by atoms with E-state index in [4.69, 9.17) is 29.8 Å². The van der Waals surface area contributed by atoms with Gasteiger partial charge in [-0.15, -0.1) is 0 Å². The van der Waals surface area contributed by atoms with Crippen molar-refractivity contribution in [3.05, 3.63) is 0 Å². The number of hydrogen-bond acceptors (Lipinski definition) is 2. The minimum atomic E-state index is -3.93. The van der Waals surface area contributed by atoms with E-state index in [9.17, 15) is 4.79 Å². The topological polar surface area (TPSA) is 26.3 Å². The molecule has 0 saturated heterocycles. The predicted octanol–water partition coefficient (Wildman–Crippen LogP) is 3.51. The van der Waals surface area contributed by atoms with Gasteiger partial charge in [-0.1, -0.05) is 0 Å². The van der Waals surface area contributed by atoms with Gasteiger partial charge in [-0.25, -0.2) is 0 Å². The van der Waals surface area contributed by atoms with Gasteiger partial charge in [0.05, 0.1) is 0 Å². The van der Waals surface area contributed by atoms with Crippen LogP contribution in [0.3, 0.4) is 0 Å². The van der Waals surface area contributed by atoms with Crippen LogP contribution in [0.4, 0.5) is 0 Å². The Morgan fingerprint density at radius 3 is 2.38 bits per heavy atom. The van der Waals surface area contributed by atoms with E-state index in [1.807, 2.05) is 0 Å². The van der Waals surface area contributed by atoms with E-state index in [1.54, 1.807) is 6.92 Å². The molecule has 0 N–H and O–H groups in total. The molecular weight excluding hydrogens is 341 g/mol. The summed E-state index contributed by atoms with van der Waals surface area (Å²) in [6.07, 6.45) is 2.84. The van der Waals surface area contributed by atoms with Crippen molar-refractivity contribution in [2.75, 3.05) is 0 Å².